The van der Waals surface area contributed by atoms with Crippen LogP contribution in [0.5, 0.6) is 0 Å². The molecule has 0 aliphatic rings. The molecule has 6 rings (SSSR count). The van der Waals surface area contributed by atoms with Crippen molar-refractivity contribution in [3.05, 3.63) is 182 Å². The van der Waals surface area contributed by atoms with Gasteiger partial charge in [-0.3, -0.25) is 22.9 Å². The van der Waals surface area contributed by atoms with Crippen molar-refractivity contribution in [3.8, 4) is 0 Å². The second-order valence-corrected chi connectivity index (χ2v) is 15.5. The van der Waals surface area contributed by atoms with Crippen molar-refractivity contribution < 1.29 is 34.7 Å². The van der Waals surface area contributed by atoms with E-state index in [0.29, 0.717) is 0 Å². The summed E-state index contributed by atoms with van der Waals surface area (Å²) in [6, 6.07) is 55.9. The third-order valence-electron chi connectivity index (χ3n) is 7.20. The van der Waals surface area contributed by atoms with Crippen molar-refractivity contribution in [1.82, 2.24) is 9.97 Å². The Morgan fingerprint density at radius 3 is 0.896 bits per heavy atom. The minimum absolute atomic E-state index is 0. The van der Waals surface area contributed by atoms with Crippen molar-refractivity contribution in [2.45, 2.75) is 12.8 Å². The van der Waals surface area contributed by atoms with Gasteiger partial charge in [-0.2, -0.15) is 0 Å². The number of aryl methyl sites for hydroxylation is 2. The molecule has 2 aromatic heterocycles. The second kappa shape index (κ2) is 23.6. The zero-order chi connectivity index (χ0) is 32.2. The van der Waals surface area contributed by atoms with Crippen LogP contribution in [-0.4, -0.2) is 29.8 Å². The van der Waals surface area contributed by atoms with Gasteiger partial charge in [0.25, 0.3) is 0 Å². The van der Waals surface area contributed by atoms with Gasteiger partial charge in [0.2, 0.25) is 0 Å². The Hall–Kier alpha value is -3.66. The molecule has 2 nitrogen and oxygen atoms in total. The first-order valence-corrected chi connectivity index (χ1v) is 18.7. The van der Waals surface area contributed by atoms with Crippen molar-refractivity contribution in [3.63, 3.8) is 0 Å². The van der Waals surface area contributed by atoms with E-state index < -0.39 is 23.4 Å². The van der Waals surface area contributed by atoms with E-state index in [1.54, 1.807) is 0 Å². The van der Waals surface area contributed by atoms with E-state index in [1.165, 1.54) is 44.9 Å². The van der Waals surface area contributed by atoms with Gasteiger partial charge in [0.05, 0.1) is 49.4 Å². The Bertz CT molecular complexity index is 1430. The van der Waals surface area contributed by atoms with Crippen LogP contribution in [0.4, 0.5) is 12.9 Å². The van der Waals surface area contributed by atoms with Gasteiger partial charge in [-0.15, -0.1) is 0 Å². The molecule has 0 amide bonds. The monoisotopic (exact) mass is 734 g/mol. The van der Waals surface area contributed by atoms with Crippen LogP contribution in [0.3, 0.4) is 0 Å². The number of pyridine rings is 2. The fourth-order valence-corrected chi connectivity index (χ4v) is 10.3. The molecule has 6 aromatic rings. The van der Waals surface area contributed by atoms with Crippen LogP contribution in [0.15, 0.2) is 170 Å². The van der Waals surface area contributed by atoms with Crippen molar-refractivity contribution in [2.75, 3.05) is 12.3 Å². The van der Waals surface area contributed by atoms with Crippen LogP contribution in [0.1, 0.15) is 11.4 Å². The van der Waals surface area contributed by atoms with E-state index in [-0.39, 0.29) is 21.8 Å². The largest absolute Gasteiger partial charge is 1.00 e. The van der Waals surface area contributed by atoms with Crippen LogP contribution >= 0.6 is 15.8 Å². The van der Waals surface area contributed by atoms with Crippen molar-refractivity contribution in [1.29, 1.82) is 0 Å². The van der Waals surface area contributed by atoms with Gasteiger partial charge in [0.15, 0.2) is 0 Å². The first-order valence-electron chi connectivity index (χ1n) is 15.3. The Kier molecular flexibility index (Phi) is 20.0. The first kappa shape index (κ1) is 40.5. The smallest absolute Gasteiger partial charge is 1.00 e. The molecule has 48 heavy (non-hydrogen) atoms. The molecule has 0 unspecified atom stereocenters. The summed E-state index contributed by atoms with van der Waals surface area (Å²) in [5.41, 5.74) is 2.37. The maximum absolute atomic E-state index is 9.67. The molecule has 0 bridgehead atoms. The second-order valence-electron chi connectivity index (χ2n) is 10.3. The quantitative estimate of drug-likeness (QED) is 0.114. The normalized spacial score (nSPS) is 9.94. The van der Waals surface area contributed by atoms with Crippen LogP contribution in [0, 0.1) is 0 Å². The van der Waals surface area contributed by atoms with Gasteiger partial charge >= 0.3 is 24.6 Å². The van der Waals surface area contributed by atoms with Crippen molar-refractivity contribution in [2.24, 2.45) is 0 Å². The molecule has 0 atom stereocenters. The van der Waals surface area contributed by atoms with Crippen LogP contribution in [0.25, 0.3) is 0 Å². The third-order valence-corrected chi connectivity index (χ3v) is 12.8. The average Bonchev–Trinajstić information content (AvgIpc) is 3.11. The van der Waals surface area contributed by atoms with Gasteiger partial charge in [0.1, 0.15) is 0 Å². The van der Waals surface area contributed by atoms with Gasteiger partial charge in [-0.25, -0.2) is 0 Å². The Morgan fingerprint density at radius 2 is 0.667 bits per heavy atom. The van der Waals surface area contributed by atoms with E-state index in [2.05, 4.69) is 156 Å². The zero-order valence-corrected chi connectivity index (χ0v) is 29.2. The van der Waals surface area contributed by atoms with Crippen LogP contribution in [0.2, 0.25) is 0 Å². The number of hydrogen-bond donors (Lipinski definition) is 0. The van der Waals surface area contributed by atoms with Gasteiger partial charge in [-0.1, -0.05) is 84.9 Å². The summed E-state index contributed by atoms with van der Waals surface area (Å²) in [6.45, 7) is 0. The fourth-order valence-electron chi connectivity index (χ4n) is 5.07. The number of aromatic nitrogens is 2. The minimum Gasteiger partial charge on any atom is -1.00 e. The van der Waals surface area contributed by atoms with Crippen molar-refractivity contribution >= 4 is 44.6 Å². The summed E-state index contributed by atoms with van der Waals surface area (Å²) < 4.78 is 29.0. The molecule has 0 fully saturated rings. The summed E-state index contributed by atoms with van der Waals surface area (Å²) >= 11 is 0. The SMILES string of the molecule is FB(F)F.[Cu+].[F-].c1ccc([PH+](CCc2ccccn2)c2ccccc2)cc1.c1ccc([PH+](CCc2ccccn2)c2ccccc2)cc1. The summed E-state index contributed by atoms with van der Waals surface area (Å²) in [4.78, 5) is 8.91. The number of benzene rings is 4. The number of rotatable bonds is 10. The van der Waals surface area contributed by atoms with Crippen LogP contribution < -0.4 is 25.9 Å². The maximum Gasteiger partial charge on any atom is 1.00 e. The molecule has 250 valence electrons. The zero-order valence-electron chi connectivity index (χ0n) is 26.3. The fraction of sp³-hybridized carbons (Fsp3) is 0.105. The number of nitrogens with zero attached hydrogens (tertiary/aromatic N) is 2. The Balaban J connectivity index is 0.000000289. The molecule has 0 aliphatic carbocycles. The van der Waals surface area contributed by atoms with Gasteiger partial charge in [0, 0.05) is 36.6 Å². The molecule has 0 saturated heterocycles. The predicted molar refractivity (Wildman–Crippen MR) is 196 cm³/mol. The van der Waals surface area contributed by atoms with E-state index in [4.69, 9.17) is 0 Å². The molecule has 2 heterocycles. The number of hydrogen-bond acceptors (Lipinski definition) is 2. The maximum atomic E-state index is 9.67. The molecule has 0 spiro atoms. The summed E-state index contributed by atoms with van der Waals surface area (Å²) in [5, 5.41) is 5.91. The summed E-state index contributed by atoms with van der Waals surface area (Å²) in [6.07, 6.45) is 8.20. The molecule has 0 aliphatic heterocycles. The first-order chi connectivity index (χ1) is 22.6. The van der Waals surface area contributed by atoms with Gasteiger partial charge < -0.3 is 4.70 Å². The average molecular weight is 735 g/mol. The molecular weight excluding hydrogens is 697 g/mol. The molecular formula is C38H38BCuF4N2P2+2. The molecule has 0 N–H and O–H groups in total. The van der Waals surface area contributed by atoms with E-state index >= 15 is 0 Å². The molecule has 0 saturated carbocycles. The van der Waals surface area contributed by atoms with E-state index in [1.807, 2.05) is 24.5 Å². The predicted octanol–water partition coefficient (Wildman–Crippen LogP) is 4.86. The molecule has 4 aromatic carbocycles. The molecule has 10 heteroatoms. The minimum atomic E-state index is -3.67. The van der Waals surface area contributed by atoms with Gasteiger partial charge in [-0.05, 0) is 72.8 Å². The van der Waals surface area contributed by atoms with E-state index in [9.17, 15) is 12.9 Å². The summed E-state index contributed by atoms with van der Waals surface area (Å²) in [5.74, 6) is 0. The van der Waals surface area contributed by atoms with Crippen LogP contribution in [-0.2, 0) is 29.9 Å². The number of halogens is 4. The third kappa shape index (κ3) is 14.6. The Morgan fingerprint density at radius 1 is 0.417 bits per heavy atom. The van der Waals surface area contributed by atoms with E-state index in [0.717, 1.165) is 12.8 Å². The summed E-state index contributed by atoms with van der Waals surface area (Å²) in [7, 11) is -5.14. The topological polar surface area (TPSA) is 25.8 Å². The standard InChI is InChI=1S/2C19H18NP.BF3.Cu.FH/c2*1-3-10-18(11-4-1)21(19-12-5-2-6-13-19)16-14-17-9-7-8-15-20-17;2-1(3)4;;/h2*1-13,15H,14,16H2;;;1H/q;;;+1;/p+1. The molecule has 0 radical (unpaired) electrons. The Labute approximate surface area is 294 Å².